The maximum atomic E-state index is 13.4. The second-order valence-corrected chi connectivity index (χ2v) is 5.74. The molecule has 0 spiro atoms. The van der Waals surface area contributed by atoms with Gasteiger partial charge in [0.15, 0.2) is 0 Å². The van der Waals surface area contributed by atoms with Crippen molar-refractivity contribution in [3.05, 3.63) is 22.4 Å². The van der Waals surface area contributed by atoms with Crippen LogP contribution in [0, 0.1) is 5.82 Å². The van der Waals surface area contributed by atoms with Gasteiger partial charge in [0.2, 0.25) is 5.95 Å². The smallest absolute Gasteiger partial charge is 0.201 e. The summed E-state index contributed by atoms with van der Waals surface area (Å²) in [5.74, 6) is 0.127. The number of unbranched alkanes of at least 4 members (excludes halogenated alkanes) is 1. The lowest BCUT2D eigenvalue weighted by molar-refractivity contribution is 0.388. The Labute approximate surface area is 120 Å². The topological polar surface area (TPSA) is 47.1 Å². The first-order chi connectivity index (χ1) is 8.99. The number of nitrogen functional groups attached to an aromatic ring is 1. The summed E-state index contributed by atoms with van der Waals surface area (Å²) in [5.41, 5.74) is 7.37. The molecule has 2 N–H and O–H groups in total. The van der Waals surface area contributed by atoms with Crippen molar-refractivity contribution in [3.8, 4) is 0 Å². The third-order valence-corrected chi connectivity index (χ3v) is 3.66. The molecule has 0 aliphatic carbocycles. The van der Waals surface area contributed by atoms with E-state index >= 15 is 0 Å². The molecule has 4 nitrogen and oxygen atoms in total. The molecule has 1 heterocycles. The highest BCUT2D eigenvalue weighted by Gasteiger charge is 2.11. The molecule has 0 saturated carbocycles. The maximum absolute atomic E-state index is 13.4. The van der Waals surface area contributed by atoms with Crippen molar-refractivity contribution in [2.45, 2.75) is 19.4 Å². The van der Waals surface area contributed by atoms with E-state index in [0.717, 1.165) is 31.4 Å². The van der Waals surface area contributed by atoms with Crippen LogP contribution in [0.1, 0.15) is 12.8 Å². The van der Waals surface area contributed by atoms with Gasteiger partial charge in [0.1, 0.15) is 5.82 Å². The van der Waals surface area contributed by atoms with Crippen LogP contribution in [0.25, 0.3) is 11.0 Å². The fourth-order valence-electron chi connectivity index (χ4n) is 2.07. The molecular formula is C13H18BrFN4. The first-order valence-corrected chi connectivity index (χ1v) is 7.04. The van der Waals surface area contributed by atoms with Gasteiger partial charge >= 0.3 is 0 Å². The van der Waals surface area contributed by atoms with E-state index in [1.807, 2.05) is 4.57 Å². The van der Waals surface area contributed by atoms with Gasteiger partial charge in [-0.3, -0.25) is 0 Å². The Morgan fingerprint density at radius 2 is 2.11 bits per heavy atom. The lowest BCUT2D eigenvalue weighted by Crippen LogP contribution is -2.13. The Morgan fingerprint density at radius 1 is 1.37 bits per heavy atom. The number of benzene rings is 1. The molecule has 1 aromatic heterocycles. The van der Waals surface area contributed by atoms with Gasteiger partial charge in [-0.15, -0.1) is 0 Å². The summed E-state index contributed by atoms with van der Waals surface area (Å²) in [5, 5.41) is 0. The lowest BCUT2D eigenvalue weighted by atomic mass is 10.2. The van der Waals surface area contributed by atoms with Crippen LogP contribution < -0.4 is 5.73 Å². The molecule has 0 saturated heterocycles. The largest absolute Gasteiger partial charge is 0.369 e. The minimum absolute atomic E-state index is 0.315. The van der Waals surface area contributed by atoms with Crippen LogP contribution in [-0.4, -0.2) is 35.1 Å². The van der Waals surface area contributed by atoms with Crippen LogP contribution in [-0.2, 0) is 6.54 Å². The highest BCUT2D eigenvalue weighted by atomic mass is 79.9. The van der Waals surface area contributed by atoms with Crippen LogP contribution >= 0.6 is 15.9 Å². The molecule has 0 aliphatic rings. The number of aryl methyl sites for hydroxylation is 1. The highest BCUT2D eigenvalue weighted by molar-refractivity contribution is 9.10. The first-order valence-electron chi connectivity index (χ1n) is 6.24. The van der Waals surface area contributed by atoms with E-state index < -0.39 is 0 Å². The predicted octanol–water partition coefficient (Wildman–Crippen LogP) is 2.86. The Morgan fingerprint density at radius 3 is 2.79 bits per heavy atom. The van der Waals surface area contributed by atoms with Gasteiger partial charge in [-0.05, 0) is 55.5 Å². The Balaban J connectivity index is 2.18. The molecule has 2 rings (SSSR count). The summed E-state index contributed by atoms with van der Waals surface area (Å²) in [6, 6.07) is 3.14. The van der Waals surface area contributed by atoms with Gasteiger partial charge in [-0.2, -0.15) is 0 Å². The number of nitrogens with zero attached hydrogens (tertiary/aromatic N) is 3. The number of imidazole rings is 1. The number of anilines is 1. The molecule has 0 fully saturated rings. The van der Waals surface area contributed by atoms with E-state index in [4.69, 9.17) is 5.73 Å². The second-order valence-electron chi connectivity index (χ2n) is 4.89. The predicted molar refractivity (Wildman–Crippen MR) is 79.6 cm³/mol. The molecule has 0 unspecified atom stereocenters. The average Bonchev–Trinajstić information content (AvgIpc) is 2.61. The van der Waals surface area contributed by atoms with Crippen LogP contribution in [0.3, 0.4) is 0 Å². The fourth-order valence-corrected chi connectivity index (χ4v) is 2.40. The Kier molecular flexibility index (Phi) is 4.42. The second kappa shape index (κ2) is 5.88. The van der Waals surface area contributed by atoms with Gasteiger partial charge in [0.05, 0.1) is 15.5 Å². The van der Waals surface area contributed by atoms with Gasteiger partial charge in [0.25, 0.3) is 0 Å². The lowest BCUT2D eigenvalue weighted by Gasteiger charge is -2.10. The quantitative estimate of drug-likeness (QED) is 0.858. The summed E-state index contributed by atoms with van der Waals surface area (Å²) in [6.07, 6.45) is 2.11. The van der Waals surface area contributed by atoms with Crippen LogP contribution in [0.15, 0.2) is 16.6 Å². The maximum Gasteiger partial charge on any atom is 0.201 e. The SMILES string of the molecule is CN(C)CCCCn1c(N)nc2cc(F)c(Br)cc21. The van der Waals surface area contributed by atoms with E-state index in [9.17, 15) is 4.39 Å². The molecule has 0 radical (unpaired) electrons. The van der Waals surface area contributed by atoms with E-state index in [1.54, 1.807) is 6.07 Å². The highest BCUT2D eigenvalue weighted by Crippen LogP contribution is 2.25. The standard InChI is InChI=1S/C13H18BrFN4/c1-18(2)5-3-4-6-19-12-7-9(14)10(15)8-11(12)17-13(19)16/h7-8H,3-6H2,1-2H3,(H2,16,17). The van der Waals surface area contributed by atoms with Crippen molar-refractivity contribution in [2.75, 3.05) is 26.4 Å². The average molecular weight is 329 g/mol. The van der Waals surface area contributed by atoms with E-state index in [-0.39, 0.29) is 5.82 Å². The third-order valence-electron chi connectivity index (χ3n) is 3.06. The van der Waals surface area contributed by atoms with Crippen LogP contribution in [0.2, 0.25) is 0 Å². The summed E-state index contributed by atoms with van der Waals surface area (Å²) >= 11 is 3.20. The van der Waals surface area contributed by atoms with Crippen molar-refractivity contribution < 1.29 is 4.39 Å². The van der Waals surface area contributed by atoms with Crippen LogP contribution in [0.4, 0.5) is 10.3 Å². The van der Waals surface area contributed by atoms with Crippen LogP contribution in [0.5, 0.6) is 0 Å². The molecule has 0 amide bonds. The number of hydrogen-bond donors (Lipinski definition) is 1. The van der Waals surface area contributed by atoms with E-state index in [0.29, 0.717) is 15.9 Å². The number of hydrogen-bond acceptors (Lipinski definition) is 3. The monoisotopic (exact) mass is 328 g/mol. The minimum atomic E-state index is -0.315. The van der Waals surface area contributed by atoms with Crippen molar-refractivity contribution in [1.29, 1.82) is 0 Å². The number of halogens is 2. The fraction of sp³-hybridized carbons (Fsp3) is 0.462. The van der Waals surface area contributed by atoms with Gasteiger partial charge < -0.3 is 15.2 Å². The minimum Gasteiger partial charge on any atom is -0.369 e. The number of fused-ring (bicyclic) bond motifs is 1. The molecular weight excluding hydrogens is 311 g/mol. The van der Waals surface area contributed by atoms with Crippen molar-refractivity contribution in [2.24, 2.45) is 0 Å². The molecule has 104 valence electrons. The van der Waals surface area contributed by atoms with Crippen molar-refractivity contribution in [1.82, 2.24) is 14.5 Å². The summed E-state index contributed by atoms with van der Waals surface area (Å²) in [4.78, 5) is 6.35. The Bertz CT molecular complexity index is 580. The number of aromatic nitrogens is 2. The van der Waals surface area contributed by atoms with E-state index in [1.165, 1.54) is 6.07 Å². The van der Waals surface area contributed by atoms with E-state index in [2.05, 4.69) is 39.9 Å². The normalized spacial score (nSPS) is 11.6. The van der Waals surface area contributed by atoms with Crippen molar-refractivity contribution in [3.63, 3.8) is 0 Å². The zero-order chi connectivity index (χ0) is 14.0. The summed E-state index contributed by atoms with van der Waals surface area (Å²) in [7, 11) is 4.11. The first kappa shape index (κ1) is 14.3. The number of nitrogens with two attached hydrogens (primary N) is 1. The molecule has 0 bridgehead atoms. The summed E-state index contributed by atoms with van der Waals surface area (Å²) in [6.45, 7) is 1.85. The molecule has 1 aromatic carbocycles. The Hall–Kier alpha value is -1.14. The molecule has 6 heteroatoms. The van der Waals surface area contributed by atoms with Gasteiger partial charge in [-0.25, -0.2) is 9.37 Å². The van der Waals surface area contributed by atoms with Crippen molar-refractivity contribution >= 4 is 32.9 Å². The molecule has 19 heavy (non-hydrogen) atoms. The molecule has 0 aliphatic heterocycles. The zero-order valence-corrected chi connectivity index (χ0v) is 12.7. The van der Waals surface area contributed by atoms with Gasteiger partial charge in [-0.1, -0.05) is 0 Å². The third kappa shape index (κ3) is 3.25. The summed E-state index contributed by atoms with van der Waals surface area (Å²) < 4.78 is 15.8. The zero-order valence-electron chi connectivity index (χ0n) is 11.2. The molecule has 2 aromatic rings. The van der Waals surface area contributed by atoms with Gasteiger partial charge in [0, 0.05) is 12.6 Å². The number of rotatable bonds is 5. The molecule has 0 atom stereocenters.